The molecule has 0 aliphatic carbocycles. The summed E-state index contributed by atoms with van der Waals surface area (Å²) in [5.74, 6) is 0.423. The average Bonchev–Trinajstić information content (AvgIpc) is 2.59. The van der Waals surface area contributed by atoms with Gasteiger partial charge >= 0.3 is 0 Å². The summed E-state index contributed by atoms with van der Waals surface area (Å²) in [7, 11) is 3.00. The molecule has 2 aromatic carbocycles. The highest BCUT2D eigenvalue weighted by atomic mass is 79.9. The molecular formula is C20H22BrNO4. The van der Waals surface area contributed by atoms with Crippen LogP contribution in [0.25, 0.3) is 0 Å². The third-order valence-electron chi connectivity index (χ3n) is 3.78. The number of amides is 1. The highest BCUT2D eigenvalue weighted by Crippen LogP contribution is 2.35. The molecule has 26 heavy (non-hydrogen) atoms. The van der Waals surface area contributed by atoms with Crippen LogP contribution >= 0.6 is 15.9 Å². The molecule has 0 radical (unpaired) electrons. The Labute approximate surface area is 161 Å². The van der Waals surface area contributed by atoms with Gasteiger partial charge in [-0.2, -0.15) is 0 Å². The van der Waals surface area contributed by atoms with Crippen LogP contribution in [-0.4, -0.2) is 25.9 Å². The van der Waals surface area contributed by atoms with E-state index in [2.05, 4.69) is 21.2 Å². The van der Waals surface area contributed by atoms with Gasteiger partial charge in [0, 0.05) is 21.5 Å². The van der Waals surface area contributed by atoms with E-state index in [4.69, 9.17) is 9.47 Å². The van der Waals surface area contributed by atoms with Gasteiger partial charge in [-0.1, -0.05) is 48.8 Å². The first-order valence-corrected chi connectivity index (χ1v) is 8.84. The number of methoxy groups -OCH3 is 2. The molecule has 0 bridgehead atoms. The predicted molar refractivity (Wildman–Crippen MR) is 105 cm³/mol. The molecule has 0 fully saturated rings. The summed E-state index contributed by atoms with van der Waals surface area (Å²) in [5, 5.41) is 2.83. The number of ketones is 1. The Balaban J connectivity index is 2.58. The van der Waals surface area contributed by atoms with Crippen molar-refractivity contribution in [2.45, 2.75) is 20.8 Å². The van der Waals surface area contributed by atoms with Crippen molar-refractivity contribution in [2.75, 3.05) is 19.5 Å². The molecule has 0 saturated heterocycles. The van der Waals surface area contributed by atoms with Crippen molar-refractivity contribution < 1.29 is 19.1 Å². The van der Waals surface area contributed by atoms with Crippen molar-refractivity contribution in [1.29, 1.82) is 0 Å². The minimum Gasteiger partial charge on any atom is -0.493 e. The molecule has 2 aromatic rings. The smallest absolute Gasteiger partial charge is 0.229 e. The Kier molecular flexibility index (Phi) is 6.08. The second-order valence-corrected chi connectivity index (χ2v) is 7.71. The quantitative estimate of drug-likeness (QED) is 0.714. The molecule has 5 nitrogen and oxygen atoms in total. The van der Waals surface area contributed by atoms with Crippen molar-refractivity contribution in [3.05, 3.63) is 52.0 Å². The van der Waals surface area contributed by atoms with E-state index in [9.17, 15) is 9.59 Å². The molecule has 0 saturated carbocycles. The molecule has 6 heteroatoms. The number of ether oxygens (including phenoxy) is 2. The lowest BCUT2D eigenvalue weighted by molar-refractivity contribution is -0.123. The third kappa shape index (κ3) is 4.43. The van der Waals surface area contributed by atoms with Gasteiger partial charge in [-0.3, -0.25) is 9.59 Å². The lowest BCUT2D eigenvalue weighted by Gasteiger charge is -2.20. The van der Waals surface area contributed by atoms with E-state index in [1.807, 2.05) is 6.07 Å². The molecule has 0 spiro atoms. The second-order valence-electron chi connectivity index (χ2n) is 6.80. The van der Waals surface area contributed by atoms with E-state index in [0.717, 1.165) is 4.47 Å². The van der Waals surface area contributed by atoms with Gasteiger partial charge in [-0.25, -0.2) is 0 Å². The summed E-state index contributed by atoms with van der Waals surface area (Å²) in [5.41, 5.74) is 0.604. The number of hydrogen-bond acceptors (Lipinski definition) is 4. The summed E-state index contributed by atoms with van der Waals surface area (Å²) in [6.07, 6.45) is 0. The molecule has 1 amide bonds. The number of rotatable bonds is 5. The van der Waals surface area contributed by atoms with Crippen LogP contribution in [0.3, 0.4) is 0 Å². The SMILES string of the molecule is COc1cc(NC(=O)C(C)(C)C)c(C(=O)c2cccc(Br)c2)cc1OC. The van der Waals surface area contributed by atoms with Crippen LogP contribution in [0.15, 0.2) is 40.9 Å². The fourth-order valence-electron chi connectivity index (χ4n) is 2.27. The van der Waals surface area contributed by atoms with Crippen LogP contribution < -0.4 is 14.8 Å². The zero-order valence-electron chi connectivity index (χ0n) is 15.5. The Morgan fingerprint density at radius 3 is 2.15 bits per heavy atom. The first kappa shape index (κ1) is 20.0. The molecule has 0 unspecified atom stereocenters. The number of halogens is 1. The average molecular weight is 420 g/mol. The van der Waals surface area contributed by atoms with Gasteiger partial charge in [0.1, 0.15) is 0 Å². The van der Waals surface area contributed by atoms with Gasteiger partial charge < -0.3 is 14.8 Å². The van der Waals surface area contributed by atoms with E-state index in [-0.39, 0.29) is 11.7 Å². The monoisotopic (exact) mass is 419 g/mol. The zero-order valence-corrected chi connectivity index (χ0v) is 17.1. The van der Waals surface area contributed by atoms with E-state index >= 15 is 0 Å². The van der Waals surface area contributed by atoms with E-state index < -0.39 is 5.41 Å². The number of hydrogen-bond donors (Lipinski definition) is 1. The Morgan fingerprint density at radius 1 is 1.00 bits per heavy atom. The van der Waals surface area contributed by atoms with Crippen LogP contribution in [0.1, 0.15) is 36.7 Å². The lowest BCUT2D eigenvalue weighted by atomic mass is 9.94. The molecule has 0 atom stereocenters. The number of anilines is 1. The number of benzene rings is 2. The second kappa shape index (κ2) is 7.91. The molecule has 138 valence electrons. The normalized spacial score (nSPS) is 11.0. The summed E-state index contributed by atoms with van der Waals surface area (Å²) in [6, 6.07) is 10.3. The molecule has 2 rings (SSSR count). The molecule has 0 heterocycles. The highest BCUT2D eigenvalue weighted by Gasteiger charge is 2.25. The predicted octanol–water partition coefficient (Wildman–Crippen LogP) is 4.68. The Bertz CT molecular complexity index is 840. The fraction of sp³-hybridized carbons (Fsp3) is 0.300. The van der Waals surface area contributed by atoms with Gasteiger partial charge in [0.05, 0.1) is 25.5 Å². The van der Waals surface area contributed by atoms with Crippen LogP contribution in [0, 0.1) is 5.41 Å². The summed E-state index contributed by atoms with van der Waals surface area (Å²) < 4.78 is 11.4. The topological polar surface area (TPSA) is 64.6 Å². The molecule has 0 aliphatic heterocycles. The van der Waals surface area contributed by atoms with Gasteiger partial charge in [0.25, 0.3) is 0 Å². The largest absolute Gasteiger partial charge is 0.493 e. The van der Waals surface area contributed by atoms with Crippen molar-refractivity contribution in [1.82, 2.24) is 0 Å². The van der Waals surface area contributed by atoms with E-state index in [1.165, 1.54) is 14.2 Å². The Hall–Kier alpha value is -2.34. The van der Waals surface area contributed by atoms with Crippen LogP contribution in [0.4, 0.5) is 5.69 Å². The number of carbonyl (C=O) groups excluding carboxylic acids is 2. The van der Waals surface area contributed by atoms with Gasteiger partial charge in [-0.15, -0.1) is 0 Å². The van der Waals surface area contributed by atoms with Gasteiger partial charge in [-0.05, 0) is 18.2 Å². The summed E-state index contributed by atoms with van der Waals surface area (Å²) in [4.78, 5) is 25.5. The maximum absolute atomic E-state index is 13.0. The maximum Gasteiger partial charge on any atom is 0.229 e. The van der Waals surface area contributed by atoms with Crippen molar-refractivity contribution >= 4 is 33.3 Å². The van der Waals surface area contributed by atoms with E-state index in [1.54, 1.807) is 51.1 Å². The summed E-state index contributed by atoms with van der Waals surface area (Å²) in [6.45, 7) is 5.41. The number of carbonyl (C=O) groups is 2. The standard InChI is InChI=1S/C20H22BrNO4/c1-20(2,3)19(24)22-15-11-17(26-5)16(25-4)10-14(15)18(23)12-7-6-8-13(21)9-12/h6-11H,1-5H3,(H,22,24). The van der Waals surface area contributed by atoms with Crippen molar-refractivity contribution in [3.8, 4) is 11.5 Å². The fourth-order valence-corrected chi connectivity index (χ4v) is 2.66. The first-order valence-electron chi connectivity index (χ1n) is 8.05. The molecule has 0 aliphatic rings. The number of nitrogens with one attached hydrogen (secondary N) is 1. The molecule has 1 N–H and O–H groups in total. The van der Waals surface area contributed by atoms with Crippen LogP contribution in [-0.2, 0) is 4.79 Å². The van der Waals surface area contributed by atoms with Crippen LogP contribution in [0.2, 0.25) is 0 Å². The zero-order chi connectivity index (χ0) is 19.5. The lowest BCUT2D eigenvalue weighted by Crippen LogP contribution is -2.28. The molecule has 0 aromatic heterocycles. The van der Waals surface area contributed by atoms with Gasteiger partial charge in [0.15, 0.2) is 17.3 Å². The summed E-state index contributed by atoms with van der Waals surface area (Å²) >= 11 is 3.37. The van der Waals surface area contributed by atoms with Crippen LogP contribution in [0.5, 0.6) is 11.5 Å². The first-order chi connectivity index (χ1) is 12.2. The minimum absolute atomic E-state index is 0.201. The van der Waals surface area contributed by atoms with Gasteiger partial charge in [0.2, 0.25) is 5.91 Å². The molecular weight excluding hydrogens is 398 g/mol. The minimum atomic E-state index is -0.608. The maximum atomic E-state index is 13.0. The van der Waals surface area contributed by atoms with Crippen molar-refractivity contribution in [3.63, 3.8) is 0 Å². The highest BCUT2D eigenvalue weighted by molar-refractivity contribution is 9.10. The Morgan fingerprint density at radius 2 is 1.62 bits per heavy atom. The third-order valence-corrected chi connectivity index (χ3v) is 4.28. The van der Waals surface area contributed by atoms with Crippen molar-refractivity contribution in [2.24, 2.45) is 5.41 Å². The van der Waals surface area contributed by atoms with E-state index in [0.29, 0.717) is 28.3 Å².